The summed E-state index contributed by atoms with van der Waals surface area (Å²) < 4.78 is 18.5. The van der Waals surface area contributed by atoms with Crippen LogP contribution in [0.4, 0.5) is 4.39 Å². The van der Waals surface area contributed by atoms with E-state index < -0.39 is 11.8 Å². The fraction of sp³-hybridized carbons (Fsp3) is 0.600. The van der Waals surface area contributed by atoms with Crippen LogP contribution in [-0.4, -0.2) is 68.7 Å². The first-order valence-electron chi connectivity index (χ1n) is 9.63. The molecule has 1 heterocycles. The summed E-state index contributed by atoms with van der Waals surface area (Å²) in [6.45, 7) is 8.72. The SMILES string of the molecule is CN=C(NCC(Cc1ccc(F)cc1)C(N)=O)NCC(C)(C)N1CCOCC1. The number of nitrogens with zero attached hydrogens (tertiary/aromatic N) is 2. The molecule has 0 spiro atoms. The Hall–Kier alpha value is -2.19. The lowest BCUT2D eigenvalue weighted by Crippen LogP contribution is -2.56. The number of nitrogens with two attached hydrogens (primary N) is 1. The average Bonchev–Trinajstić information content (AvgIpc) is 2.69. The Morgan fingerprint density at radius 3 is 2.50 bits per heavy atom. The molecule has 1 amide bonds. The minimum atomic E-state index is -0.420. The number of benzene rings is 1. The number of rotatable bonds is 8. The molecule has 28 heavy (non-hydrogen) atoms. The first kappa shape index (κ1) is 22.1. The van der Waals surface area contributed by atoms with Gasteiger partial charge in [0.05, 0.1) is 19.1 Å². The van der Waals surface area contributed by atoms with Crippen LogP contribution < -0.4 is 16.4 Å². The minimum absolute atomic E-state index is 0.0569. The second kappa shape index (κ2) is 10.4. The topological polar surface area (TPSA) is 92.0 Å². The molecule has 1 saturated heterocycles. The molecule has 1 aromatic rings. The van der Waals surface area contributed by atoms with Crippen molar-refractivity contribution < 1.29 is 13.9 Å². The van der Waals surface area contributed by atoms with E-state index in [1.165, 1.54) is 12.1 Å². The Morgan fingerprint density at radius 1 is 1.29 bits per heavy atom. The summed E-state index contributed by atoms with van der Waals surface area (Å²) in [7, 11) is 1.69. The predicted octanol–water partition coefficient (Wildman–Crippen LogP) is 0.746. The number of amides is 1. The van der Waals surface area contributed by atoms with Gasteiger partial charge in [0.25, 0.3) is 0 Å². The van der Waals surface area contributed by atoms with Crippen molar-refractivity contribution in [2.75, 3.05) is 46.4 Å². The number of nitrogens with one attached hydrogen (secondary N) is 2. The highest BCUT2D eigenvalue weighted by Gasteiger charge is 2.28. The van der Waals surface area contributed by atoms with Crippen LogP contribution in [0.2, 0.25) is 0 Å². The van der Waals surface area contributed by atoms with Crippen molar-refractivity contribution in [2.24, 2.45) is 16.6 Å². The molecule has 2 rings (SSSR count). The van der Waals surface area contributed by atoms with Crippen molar-refractivity contribution in [3.63, 3.8) is 0 Å². The number of carbonyl (C=O) groups is 1. The molecule has 0 radical (unpaired) electrons. The highest BCUT2D eigenvalue weighted by atomic mass is 19.1. The van der Waals surface area contributed by atoms with Crippen LogP contribution in [0, 0.1) is 11.7 Å². The summed E-state index contributed by atoms with van der Waals surface area (Å²) in [5.74, 6) is -0.506. The monoisotopic (exact) mass is 393 g/mol. The molecule has 1 aliphatic heterocycles. The minimum Gasteiger partial charge on any atom is -0.379 e. The summed E-state index contributed by atoms with van der Waals surface area (Å²) in [5, 5.41) is 6.51. The number of guanidine groups is 1. The van der Waals surface area contributed by atoms with Gasteiger partial charge in [-0.1, -0.05) is 12.1 Å². The molecule has 1 atom stereocenters. The van der Waals surface area contributed by atoms with E-state index in [9.17, 15) is 9.18 Å². The Bertz CT molecular complexity index is 657. The van der Waals surface area contributed by atoms with E-state index in [0.29, 0.717) is 25.5 Å². The highest BCUT2D eigenvalue weighted by Crippen LogP contribution is 2.15. The standard InChI is InChI=1S/C20H32FN5O2/c1-20(2,26-8-10-28-11-9-26)14-25-19(23-3)24-13-16(18(22)27)12-15-4-6-17(21)7-5-15/h4-7,16H,8-14H2,1-3H3,(H2,22,27)(H2,23,24,25). The molecule has 1 unspecified atom stereocenters. The molecule has 1 fully saturated rings. The molecule has 1 aliphatic rings. The fourth-order valence-corrected chi connectivity index (χ4v) is 3.20. The van der Waals surface area contributed by atoms with E-state index >= 15 is 0 Å². The van der Waals surface area contributed by atoms with Crippen molar-refractivity contribution >= 4 is 11.9 Å². The maximum absolute atomic E-state index is 13.1. The van der Waals surface area contributed by atoms with Gasteiger partial charge in [0.1, 0.15) is 5.82 Å². The van der Waals surface area contributed by atoms with Crippen molar-refractivity contribution in [2.45, 2.75) is 25.8 Å². The van der Waals surface area contributed by atoms with Gasteiger partial charge in [0, 0.05) is 38.8 Å². The third-order valence-electron chi connectivity index (χ3n) is 5.09. The summed E-state index contributed by atoms with van der Waals surface area (Å²) in [5.41, 5.74) is 6.36. The molecular formula is C20H32FN5O2. The molecule has 7 nitrogen and oxygen atoms in total. The van der Waals surface area contributed by atoms with Crippen LogP contribution in [0.3, 0.4) is 0 Å². The van der Waals surface area contributed by atoms with Crippen molar-refractivity contribution in [1.82, 2.24) is 15.5 Å². The lowest BCUT2D eigenvalue weighted by Gasteiger charge is -2.41. The van der Waals surface area contributed by atoms with E-state index in [-0.39, 0.29) is 11.4 Å². The predicted molar refractivity (Wildman–Crippen MR) is 109 cm³/mol. The summed E-state index contributed by atoms with van der Waals surface area (Å²) in [6, 6.07) is 6.11. The average molecular weight is 394 g/mol. The number of hydrogen-bond acceptors (Lipinski definition) is 4. The third-order valence-corrected chi connectivity index (χ3v) is 5.09. The molecule has 0 bridgehead atoms. The van der Waals surface area contributed by atoms with E-state index in [4.69, 9.17) is 10.5 Å². The van der Waals surface area contributed by atoms with Crippen molar-refractivity contribution in [3.05, 3.63) is 35.6 Å². The number of morpholine rings is 1. The van der Waals surface area contributed by atoms with Crippen LogP contribution in [0.15, 0.2) is 29.3 Å². The molecule has 1 aromatic carbocycles. The van der Waals surface area contributed by atoms with Crippen LogP contribution in [0.1, 0.15) is 19.4 Å². The smallest absolute Gasteiger partial charge is 0.222 e. The van der Waals surface area contributed by atoms with Crippen LogP contribution >= 0.6 is 0 Å². The number of ether oxygens (including phenoxy) is 1. The molecule has 8 heteroatoms. The van der Waals surface area contributed by atoms with Crippen LogP contribution in [-0.2, 0) is 16.0 Å². The fourth-order valence-electron chi connectivity index (χ4n) is 3.20. The molecular weight excluding hydrogens is 361 g/mol. The van der Waals surface area contributed by atoms with Gasteiger partial charge < -0.3 is 21.1 Å². The normalized spacial score (nSPS) is 17.2. The summed E-state index contributed by atoms with van der Waals surface area (Å²) in [4.78, 5) is 18.4. The first-order chi connectivity index (χ1) is 13.3. The quantitative estimate of drug-likeness (QED) is 0.448. The van der Waals surface area contributed by atoms with E-state index in [0.717, 1.165) is 31.9 Å². The van der Waals surface area contributed by atoms with Crippen molar-refractivity contribution in [1.29, 1.82) is 0 Å². The van der Waals surface area contributed by atoms with Gasteiger partial charge in [0.2, 0.25) is 5.91 Å². The van der Waals surface area contributed by atoms with E-state index in [1.54, 1.807) is 19.2 Å². The molecule has 0 saturated carbocycles. The van der Waals surface area contributed by atoms with E-state index in [2.05, 4.69) is 34.4 Å². The zero-order chi connectivity index (χ0) is 20.6. The Kier molecular flexibility index (Phi) is 8.19. The number of halogens is 1. The number of carbonyl (C=O) groups excluding carboxylic acids is 1. The Labute approximate surface area is 166 Å². The second-order valence-electron chi connectivity index (χ2n) is 7.65. The van der Waals surface area contributed by atoms with Gasteiger partial charge in [0.15, 0.2) is 5.96 Å². The lowest BCUT2D eigenvalue weighted by molar-refractivity contribution is -0.121. The van der Waals surface area contributed by atoms with Crippen molar-refractivity contribution in [3.8, 4) is 0 Å². The first-order valence-corrected chi connectivity index (χ1v) is 9.63. The number of hydrogen-bond donors (Lipinski definition) is 3. The van der Waals surface area contributed by atoms with E-state index in [1.807, 2.05) is 0 Å². The van der Waals surface area contributed by atoms with Gasteiger partial charge in [-0.3, -0.25) is 14.7 Å². The van der Waals surface area contributed by atoms with Crippen LogP contribution in [0.25, 0.3) is 0 Å². The zero-order valence-corrected chi connectivity index (χ0v) is 17.0. The Morgan fingerprint density at radius 2 is 1.93 bits per heavy atom. The second-order valence-corrected chi connectivity index (χ2v) is 7.65. The lowest BCUT2D eigenvalue weighted by atomic mass is 9.98. The largest absolute Gasteiger partial charge is 0.379 e. The molecule has 0 aliphatic carbocycles. The number of primary amides is 1. The zero-order valence-electron chi connectivity index (χ0n) is 17.0. The van der Waals surface area contributed by atoms with Gasteiger partial charge in [-0.05, 0) is 38.0 Å². The summed E-state index contributed by atoms with van der Waals surface area (Å²) >= 11 is 0. The van der Waals surface area contributed by atoms with Gasteiger partial charge in [-0.2, -0.15) is 0 Å². The molecule has 156 valence electrons. The third kappa shape index (κ3) is 6.76. The molecule has 0 aromatic heterocycles. The highest BCUT2D eigenvalue weighted by molar-refractivity contribution is 5.81. The van der Waals surface area contributed by atoms with Gasteiger partial charge in [-0.15, -0.1) is 0 Å². The van der Waals surface area contributed by atoms with Gasteiger partial charge >= 0.3 is 0 Å². The van der Waals surface area contributed by atoms with Crippen LogP contribution in [0.5, 0.6) is 0 Å². The summed E-state index contributed by atoms with van der Waals surface area (Å²) in [6.07, 6.45) is 0.443. The maximum atomic E-state index is 13.1. The van der Waals surface area contributed by atoms with Gasteiger partial charge in [-0.25, -0.2) is 4.39 Å². The Balaban J connectivity index is 1.86. The maximum Gasteiger partial charge on any atom is 0.222 e. The number of aliphatic imine (C=N–C) groups is 1. The molecule has 4 N–H and O–H groups in total.